The number of hydrogen-bond donors (Lipinski definition) is 2. The van der Waals surface area contributed by atoms with Gasteiger partial charge in [-0.05, 0) is 61.2 Å². The molecule has 0 spiro atoms. The zero-order valence-electron chi connectivity index (χ0n) is 16.3. The third-order valence-electron chi connectivity index (χ3n) is 3.86. The van der Waals surface area contributed by atoms with Gasteiger partial charge in [0.1, 0.15) is 10.6 Å². The lowest BCUT2D eigenvalue weighted by Crippen LogP contribution is -2.15. The lowest BCUT2D eigenvalue weighted by Gasteiger charge is -2.19. The van der Waals surface area contributed by atoms with Crippen LogP contribution in [0.3, 0.4) is 0 Å². The molecule has 0 amide bonds. The van der Waals surface area contributed by atoms with Crippen LogP contribution in [0.25, 0.3) is 5.52 Å². The van der Waals surface area contributed by atoms with E-state index in [0.29, 0.717) is 10.4 Å². The molecule has 146 valence electrons. The molecule has 0 fully saturated rings. The van der Waals surface area contributed by atoms with Crippen molar-refractivity contribution < 1.29 is 18.6 Å². The first-order chi connectivity index (χ1) is 12.4. The van der Waals surface area contributed by atoms with Crippen LogP contribution < -0.4 is 0 Å². The van der Waals surface area contributed by atoms with Gasteiger partial charge >= 0.3 is 0 Å². The van der Waals surface area contributed by atoms with Gasteiger partial charge in [0.15, 0.2) is 0 Å². The van der Waals surface area contributed by atoms with Crippen molar-refractivity contribution in [3.63, 3.8) is 0 Å². The molecule has 0 bridgehead atoms. The minimum atomic E-state index is -3.68. The van der Waals surface area contributed by atoms with Crippen molar-refractivity contribution in [2.45, 2.75) is 55.9 Å². The second kappa shape index (κ2) is 7.74. The number of nitrogens with zero attached hydrogens (tertiary/aromatic N) is 1. The first-order valence-corrected chi connectivity index (χ1v) is 10.2. The molecule has 0 unspecified atom stereocenters. The summed E-state index contributed by atoms with van der Waals surface area (Å²) >= 11 is 0. The predicted octanol–water partition coefficient (Wildman–Crippen LogP) is 4.16. The van der Waals surface area contributed by atoms with E-state index in [1.807, 2.05) is 55.8 Å². The molecule has 3 aromatic rings. The fourth-order valence-electron chi connectivity index (χ4n) is 2.66. The van der Waals surface area contributed by atoms with Gasteiger partial charge in [-0.2, -0.15) is 0 Å². The van der Waals surface area contributed by atoms with E-state index >= 15 is 0 Å². The number of rotatable bonds is 2. The number of fused-ring (bicyclic) bond motifs is 1. The zero-order chi connectivity index (χ0) is 20.4. The Balaban J connectivity index is 0.000000596. The molecule has 0 radical (unpaired) electrons. The minimum absolute atomic E-state index is 0.0433. The van der Waals surface area contributed by atoms with Crippen molar-refractivity contribution in [1.29, 1.82) is 0 Å². The number of aliphatic hydroxyl groups excluding tert-OH is 1. The van der Waals surface area contributed by atoms with E-state index in [-0.39, 0.29) is 22.2 Å². The summed E-state index contributed by atoms with van der Waals surface area (Å²) in [6.07, 6.45) is 3.56. The molecule has 2 aromatic heterocycles. The van der Waals surface area contributed by atoms with E-state index < -0.39 is 9.84 Å². The van der Waals surface area contributed by atoms with Gasteiger partial charge in [0, 0.05) is 18.5 Å². The molecule has 6 heteroatoms. The molecule has 27 heavy (non-hydrogen) atoms. The molecule has 1 aromatic carbocycles. The third kappa shape index (κ3) is 4.70. The topological polar surface area (TPSA) is 79.0 Å². The maximum atomic E-state index is 13.2. The predicted molar refractivity (Wildman–Crippen MR) is 107 cm³/mol. The van der Waals surface area contributed by atoms with Crippen LogP contribution >= 0.6 is 0 Å². The van der Waals surface area contributed by atoms with Crippen molar-refractivity contribution in [3.05, 3.63) is 60.4 Å². The zero-order valence-corrected chi connectivity index (χ0v) is 17.2. The summed E-state index contributed by atoms with van der Waals surface area (Å²) in [5.74, 6) is 0.0433. The summed E-state index contributed by atoms with van der Waals surface area (Å²) in [7, 11) is -3.68. The van der Waals surface area contributed by atoms with Crippen LogP contribution in [0.15, 0.2) is 64.6 Å². The molecule has 0 saturated heterocycles. The van der Waals surface area contributed by atoms with Crippen LogP contribution in [-0.4, -0.2) is 29.1 Å². The Bertz CT molecular complexity index is 1010. The average molecular weight is 390 g/mol. The standard InChI is InChI=1S/C18H19NO3S.C3H8O/c1-18(2,3)15-12-19-11-5-4-6-16(19)17(15)23(21,22)14-9-7-13(20)8-10-14;1-3(2)4/h4-12,20H,1-3H3;3-4H,1-2H3. The number of benzene rings is 1. The second-order valence-corrected chi connectivity index (χ2v) is 9.59. The van der Waals surface area contributed by atoms with Gasteiger partial charge in [-0.1, -0.05) is 26.8 Å². The van der Waals surface area contributed by atoms with E-state index in [2.05, 4.69) is 0 Å². The van der Waals surface area contributed by atoms with E-state index in [1.54, 1.807) is 13.8 Å². The lowest BCUT2D eigenvalue weighted by atomic mass is 9.89. The number of aromatic nitrogens is 1. The Morgan fingerprint density at radius 1 is 1.00 bits per heavy atom. The Labute approximate surface area is 160 Å². The molecule has 5 nitrogen and oxygen atoms in total. The molecule has 0 saturated carbocycles. The van der Waals surface area contributed by atoms with Crippen molar-refractivity contribution >= 4 is 15.4 Å². The quantitative estimate of drug-likeness (QED) is 0.690. The van der Waals surface area contributed by atoms with E-state index in [1.165, 1.54) is 24.3 Å². The Kier molecular flexibility index (Phi) is 6.02. The molecule has 0 aliphatic heterocycles. The fraction of sp³-hybridized carbons (Fsp3) is 0.333. The first kappa shape index (κ1) is 21.0. The Hall–Kier alpha value is -2.31. The SMILES string of the molecule is CC(C)(C)c1cn2ccccc2c1S(=O)(=O)c1ccc(O)cc1.CC(C)O. The van der Waals surface area contributed by atoms with Crippen LogP contribution in [0.4, 0.5) is 0 Å². The van der Waals surface area contributed by atoms with Crippen molar-refractivity contribution in [2.75, 3.05) is 0 Å². The smallest absolute Gasteiger partial charge is 0.209 e. The fourth-order valence-corrected chi connectivity index (χ4v) is 4.48. The minimum Gasteiger partial charge on any atom is -0.508 e. The summed E-state index contributed by atoms with van der Waals surface area (Å²) in [5.41, 5.74) is 1.12. The van der Waals surface area contributed by atoms with Crippen molar-refractivity contribution in [3.8, 4) is 5.75 Å². The summed E-state index contributed by atoms with van der Waals surface area (Å²) in [6.45, 7) is 9.44. The van der Waals surface area contributed by atoms with Crippen LogP contribution in [0.2, 0.25) is 0 Å². The summed E-state index contributed by atoms with van der Waals surface area (Å²) in [4.78, 5) is 0.508. The number of phenols is 1. The monoisotopic (exact) mass is 389 g/mol. The van der Waals surface area contributed by atoms with E-state index in [9.17, 15) is 13.5 Å². The highest BCUT2D eigenvalue weighted by Crippen LogP contribution is 2.36. The molecular weight excluding hydrogens is 362 g/mol. The van der Waals surface area contributed by atoms with Crippen LogP contribution in [0.5, 0.6) is 5.75 Å². The van der Waals surface area contributed by atoms with Crippen molar-refractivity contribution in [1.82, 2.24) is 4.40 Å². The summed E-state index contributed by atoms with van der Waals surface area (Å²) < 4.78 is 28.2. The maximum absolute atomic E-state index is 13.2. The molecular formula is C21H27NO4S. The molecule has 3 rings (SSSR count). The van der Waals surface area contributed by atoms with Gasteiger partial charge in [0.05, 0.1) is 10.4 Å². The maximum Gasteiger partial charge on any atom is 0.209 e. The van der Waals surface area contributed by atoms with Crippen LogP contribution in [0, 0.1) is 0 Å². The third-order valence-corrected chi connectivity index (χ3v) is 5.72. The van der Waals surface area contributed by atoms with Crippen molar-refractivity contribution in [2.24, 2.45) is 0 Å². The largest absolute Gasteiger partial charge is 0.508 e. The van der Waals surface area contributed by atoms with Gasteiger partial charge in [-0.25, -0.2) is 8.42 Å². The second-order valence-electron chi connectivity index (χ2n) is 7.71. The van der Waals surface area contributed by atoms with Crippen LogP contribution in [0.1, 0.15) is 40.2 Å². The normalized spacial score (nSPS) is 12.1. The number of hydrogen-bond acceptors (Lipinski definition) is 4. The number of phenolic OH excluding ortho intramolecular Hbond substituents is 1. The van der Waals surface area contributed by atoms with Gasteiger partial charge in [-0.3, -0.25) is 0 Å². The van der Waals surface area contributed by atoms with E-state index in [4.69, 9.17) is 5.11 Å². The van der Waals surface area contributed by atoms with Crippen LogP contribution in [-0.2, 0) is 15.3 Å². The highest BCUT2D eigenvalue weighted by molar-refractivity contribution is 7.91. The number of aromatic hydroxyl groups is 1. The highest BCUT2D eigenvalue weighted by Gasteiger charge is 2.31. The van der Waals surface area contributed by atoms with Gasteiger partial charge in [-0.15, -0.1) is 0 Å². The molecule has 0 atom stereocenters. The van der Waals surface area contributed by atoms with E-state index in [0.717, 1.165) is 5.56 Å². The first-order valence-electron chi connectivity index (χ1n) is 8.77. The number of pyridine rings is 1. The van der Waals surface area contributed by atoms with Gasteiger partial charge < -0.3 is 14.6 Å². The Morgan fingerprint density at radius 3 is 2.07 bits per heavy atom. The average Bonchev–Trinajstić information content (AvgIpc) is 2.95. The highest BCUT2D eigenvalue weighted by atomic mass is 32.2. The number of aliphatic hydroxyl groups is 1. The molecule has 2 N–H and O–H groups in total. The molecule has 0 aliphatic carbocycles. The summed E-state index contributed by atoms with van der Waals surface area (Å²) in [5, 5.41) is 17.5. The lowest BCUT2D eigenvalue weighted by molar-refractivity contribution is 0.216. The van der Waals surface area contributed by atoms with Gasteiger partial charge in [0.2, 0.25) is 9.84 Å². The number of sulfone groups is 1. The van der Waals surface area contributed by atoms with Gasteiger partial charge in [0.25, 0.3) is 0 Å². The summed E-state index contributed by atoms with van der Waals surface area (Å²) in [6, 6.07) is 11.2. The molecule has 0 aliphatic rings. The molecule has 2 heterocycles. The Morgan fingerprint density at radius 2 is 1.56 bits per heavy atom.